The van der Waals surface area contributed by atoms with Crippen LogP contribution in [0, 0.1) is 0 Å². The summed E-state index contributed by atoms with van der Waals surface area (Å²) in [6, 6.07) is 9.14. The summed E-state index contributed by atoms with van der Waals surface area (Å²) < 4.78 is 44.7. The first-order chi connectivity index (χ1) is 14.3. The van der Waals surface area contributed by atoms with Gasteiger partial charge in [0.25, 0.3) is 5.91 Å². The van der Waals surface area contributed by atoms with E-state index in [0.717, 1.165) is 11.8 Å². The van der Waals surface area contributed by atoms with Crippen molar-refractivity contribution in [3.8, 4) is 0 Å². The standard InChI is InChI=1S/C20H21F3N4O3/c1-12-16(13-5-3-2-4-6-13)30-19(29)27(12)14-7-9-26(10-8-14)18(28)15-11-24-25-17(15)20(21,22)23/h2-6,11-12,14,16H,7-10H2,1H3,(H,24,25). The monoisotopic (exact) mass is 422 g/mol. The van der Waals surface area contributed by atoms with Crippen LogP contribution in [-0.2, 0) is 10.9 Å². The van der Waals surface area contributed by atoms with Crippen LogP contribution in [0.25, 0.3) is 0 Å². The fourth-order valence-corrected chi connectivity index (χ4v) is 4.23. The van der Waals surface area contributed by atoms with E-state index in [2.05, 4.69) is 5.10 Å². The lowest BCUT2D eigenvalue weighted by Crippen LogP contribution is -2.49. The molecule has 0 saturated carbocycles. The number of amides is 2. The normalized spacial score (nSPS) is 23.0. The Labute approximate surface area is 170 Å². The minimum Gasteiger partial charge on any atom is -0.439 e. The van der Waals surface area contributed by atoms with E-state index >= 15 is 0 Å². The number of nitrogens with one attached hydrogen (secondary N) is 1. The predicted molar refractivity (Wildman–Crippen MR) is 99.5 cm³/mol. The number of carbonyl (C=O) groups is 2. The van der Waals surface area contributed by atoms with E-state index in [9.17, 15) is 22.8 Å². The van der Waals surface area contributed by atoms with Gasteiger partial charge in [-0.1, -0.05) is 30.3 Å². The summed E-state index contributed by atoms with van der Waals surface area (Å²) in [7, 11) is 0. The van der Waals surface area contributed by atoms with Crippen molar-refractivity contribution in [2.75, 3.05) is 13.1 Å². The number of hydrogen-bond donors (Lipinski definition) is 1. The molecule has 2 aromatic rings. The third-order valence-corrected chi connectivity index (χ3v) is 5.74. The molecule has 2 aliphatic rings. The zero-order valence-electron chi connectivity index (χ0n) is 16.2. The van der Waals surface area contributed by atoms with Crippen LogP contribution in [0.4, 0.5) is 18.0 Å². The molecule has 10 heteroatoms. The van der Waals surface area contributed by atoms with Gasteiger partial charge in [0.1, 0.15) is 6.10 Å². The minimum absolute atomic E-state index is 0.142. The highest BCUT2D eigenvalue weighted by Crippen LogP contribution is 2.36. The summed E-state index contributed by atoms with van der Waals surface area (Å²) in [4.78, 5) is 28.2. The number of H-pyrrole nitrogens is 1. The minimum atomic E-state index is -4.68. The quantitative estimate of drug-likeness (QED) is 0.820. The van der Waals surface area contributed by atoms with Gasteiger partial charge >= 0.3 is 12.3 Å². The highest BCUT2D eigenvalue weighted by Gasteiger charge is 2.45. The van der Waals surface area contributed by atoms with Crippen molar-refractivity contribution in [1.82, 2.24) is 20.0 Å². The van der Waals surface area contributed by atoms with E-state index in [-0.39, 0.29) is 31.3 Å². The molecule has 2 amide bonds. The second-order valence-electron chi connectivity index (χ2n) is 7.54. The van der Waals surface area contributed by atoms with Gasteiger partial charge in [-0.05, 0) is 25.3 Å². The van der Waals surface area contributed by atoms with Crippen LogP contribution in [0.5, 0.6) is 0 Å². The lowest BCUT2D eigenvalue weighted by Gasteiger charge is -2.37. The number of likely N-dealkylation sites (tertiary alicyclic amines) is 1. The van der Waals surface area contributed by atoms with E-state index in [1.807, 2.05) is 42.4 Å². The average Bonchev–Trinajstić information content (AvgIpc) is 3.33. The predicted octanol–water partition coefficient (Wildman–Crippen LogP) is 3.62. The lowest BCUT2D eigenvalue weighted by atomic mass is 9.98. The van der Waals surface area contributed by atoms with Crippen molar-refractivity contribution >= 4 is 12.0 Å². The molecule has 0 spiro atoms. The molecule has 2 atom stereocenters. The third-order valence-electron chi connectivity index (χ3n) is 5.74. The van der Waals surface area contributed by atoms with E-state index in [1.54, 1.807) is 4.90 Å². The molecule has 160 valence electrons. The van der Waals surface area contributed by atoms with E-state index < -0.39 is 29.4 Å². The van der Waals surface area contributed by atoms with Crippen LogP contribution >= 0.6 is 0 Å². The molecule has 2 fully saturated rings. The lowest BCUT2D eigenvalue weighted by molar-refractivity contribution is -0.141. The number of ether oxygens (including phenoxy) is 1. The van der Waals surface area contributed by atoms with Gasteiger partial charge < -0.3 is 9.64 Å². The van der Waals surface area contributed by atoms with Gasteiger partial charge in [-0.15, -0.1) is 0 Å². The Morgan fingerprint density at radius 1 is 1.20 bits per heavy atom. The molecule has 0 bridgehead atoms. The Hall–Kier alpha value is -3.04. The van der Waals surface area contributed by atoms with Crippen molar-refractivity contribution < 1.29 is 27.5 Å². The van der Waals surface area contributed by atoms with Crippen molar-refractivity contribution in [1.29, 1.82) is 0 Å². The molecule has 1 aromatic heterocycles. The first-order valence-corrected chi connectivity index (χ1v) is 9.71. The topological polar surface area (TPSA) is 78.5 Å². The van der Waals surface area contributed by atoms with Crippen molar-refractivity contribution in [2.24, 2.45) is 0 Å². The van der Waals surface area contributed by atoms with E-state index in [0.29, 0.717) is 12.8 Å². The summed E-state index contributed by atoms with van der Waals surface area (Å²) in [5.74, 6) is -0.714. The molecule has 0 radical (unpaired) electrons. The number of carbonyl (C=O) groups excluding carboxylic acids is 2. The molecular formula is C20H21F3N4O3. The third kappa shape index (κ3) is 3.61. The number of cyclic esters (lactones) is 1. The first-order valence-electron chi connectivity index (χ1n) is 9.71. The first kappa shape index (κ1) is 20.2. The van der Waals surface area contributed by atoms with Crippen molar-refractivity contribution in [2.45, 2.75) is 44.1 Å². The molecule has 30 heavy (non-hydrogen) atoms. The number of rotatable bonds is 3. The van der Waals surface area contributed by atoms with Gasteiger partial charge in [-0.25, -0.2) is 4.79 Å². The van der Waals surface area contributed by atoms with Crippen LogP contribution in [0.1, 0.15) is 47.5 Å². The number of benzene rings is 1. The molecule has 0 aliphatic carbocycles. The number of aromatic amines is 1. The number of hydrogen-bond acceptors (Lipinski definition) is 4. The summed E-state index contributed by atoms with van der Waals surface area (Å²) in [6.07, 6.45) is -3.63. The largest absolute Gasteiger partial charge is 0.439 e. The summed E-state index contributed by atoms with van der Waals surface area (Å²) in [6.45, 7) is 2.41. The van der Waals surface area contributed by atoms with Gasteiger partial charge in [-0.2, -0.15) is 18.3 Å². The molecule has 3 heterocycles. The number of halogens is 3. The second kappa shape index (κ2) is 7.66. The van der Waals surface area contributed by atoms with Crippen LogP contribution in [0.15, 0.2) is 36.5 Å². The van der Waals surface area contributed by atoms with Gasteiger partial charge in [0.15, 0.2) is 5.69 Å². The Kier molecular flexibility index (Phi) is 5.17. The number of piperidine rings is 1. The summed E-state index contributed by atoms with van der Waals surface area (Å²) >= 11 is 0. The number of alkyl halides is 3. The molecule has 4 rings (SSSR count). The van der Waals surface area contributed by atoms with Crippen molar-refractivity contribution in [3.05, 3.63) is 53.3 Å². The van der Waals surface area contributed by atoms with Crippen LogP contribution in [-0.4, -0.2) is 57.2 Å². The summed E-state index contributed by atoms with van der Waals surface area (Å²) in [5.41, 5.74) is -0.718. The molecule has 1 aromatic carbocycles. The Morgan fingerprint density at radius 3 is 2.50 bits per heavy atom. The maximum absolute atomic E-state index is 13.0. The van der Waals surface area contributed by atoms with Gasteiger partial charge in [0.2, 0.25) is 0 Å². The summed E-state index contributed by atoms with van der Waals surface area (Å²) in [5, 5.41) is 5.24. The van der Waals surface area contributed by atoms with Gasteiger partial charge in [0, 0.05) is 19.1 Å². The molecule has 2 saturated heterocycles. The number of nitrogens with zero attached hydrogens (tertiary/aromatic N) is 3. The Morgan fingerprint density at radius 2 is 1.87 bits per heavy atom. The van der Waals surface area contributed by atoms with Gasteiger partial charge in [0.05, 0.1) is 17.8 Å². The Bertz CT molecular complexity index is 923. The van der Waals surface area contributed by atoms with Gasteiger partial charge in [-0.3, -0.25) is 14.8 Å². The maximum Gasteiger partial charge on any atom is 0.433 e. The van der Waals surface area contributed by atoms with E-state index in [4.69, 9.17) is 4.74 Å². The molecule has 1 N–H and O–H groups in total. The fourth-order valence-electron chi connectivity index (χ4n) is 4.23. The highest BCUT2D eigenvalue weighted by molar-refractivity contribution is 5.95. The average molecular weight is 422 g/mol. The van der Waals surface area contributed by atoms with Crippen LogP contribution < -0.4 is 0 Å². The molecular weight excluding hydrogens is 401 g/mol. The maximum atomic E-state index is 13.0. The molecule has 2 aliphatic heterocycles. The van der Waals surface area contributed by atoms with E-state index in [1.165, 1.54) is 4.90 Å². The highest BCUT2D eigenvalue weighted by atomic mass is 19.4. The fraction of sp³-hybridized carbons (Fsp3) is 0.450. The Balaban J connectivity index is 1.42. The molecule has 2 unspecified atom stereocenters. The van der Waals surface area contributed by atoms with Crippen LogP contribution in [0.3, 0.4) is 0 Å². The zero-order chi connectivity index (χ0) is 21.5. The number of aromatic nitrogens is 2. The smallest absolute Gasteiger partial charge is 0.433 e. The SMILES string of the molecule is CC1C(c2ccccc2)OC(=O)N1C1CCN(C(=O)c2cn[nH]c2C(F)(F)F)CC1. The van der Waals surface area contributed by atoms with Crippen molar-refractivity contribution in [3.63, 3.8) is 0 Å². The zero-order valence-corrected chi connectivity index (χ0v) is 16.2. The van der Waals surface area contributed by atoms with Crippen LogP contribution in [0.2, 0.25) is 0 Å². The molecule has 7 nitrogen and oxygen atoms in total. The second-order valence-corrected chi connectivity index (χ2v) is 7.54.